The number of nitriles is 1. The standard InChI is InChI=1S/C26H33N3O/c1-8-30-26(21(15-27)16-28-24-19(6)11-9-12-20(24)7)29-25-22(17(2)3)13-10-14-23(25)18(4)5/h9-14,16-18,29H,8H2,1-7H3/b26-21+,28-16?. The first-order valence-electron chi connectivity index (χ1n) is 10.6. The first-order chi connectivity index (χ1) is 14.3. The van der Waals surface area contributed by atoms with E-state index < -0.39 is 0 Å². The van der Waals surface area contributed by atoms with E-state index >= 15 is 0 Å². The van der Waals surface area contributed by atoms with Crippen LogP contribution >= 0.6 is 0 Å². The summed E-state index contributed by atoms with van der Waals surface area (Å²) >= 11 is 0. The Bertz CT molecular complexity index is 932. The summed E-state index contributed by atoms with van der Waals surface area (Å²) in [6.07, 6.45) is 1.60. The molecule has 2 rings (SSSR count). The summed E-state index contributed by atoms with van der Waals surface area (Å²) in [4.78, 5) is 4.61. The average Bonchev–Trinajstić information content (AvgIpc) is 2.70. The fourth-order valence-electron chi connectivity index (χ4n) is 3.41. The highest BCUT2D eigenvalue weighted by molar-refractivity contribution is 5.88. The fourth-order valence-corrected chi connectivity index (χ4v) is 3.41. The number of benzene rings is 2. The molecule has 0 aliphatic heterocycles. The fraction of sp³-hybridized carbons (Fsp3) is 0.385. The van der Waals surface area contributed by atoms with Crippen molar-refractivity contribution in [1.29, 1.82) is 5.26 Å². The van der Waals surface area contributed by atoms with Crippen molar-refractivity contribution in [3.63, 3.8) is 0 Å². The van der Waals surface area contributed by atoms with E-state index in [0.29, 0.717) is 29.9 Å². The number of hydrogen-bond donors (Lipinski definition) is 1. The van der Waals surface area contributed by atoms with E-state index in [1.54, 1.807) is 6.21 Å². The second-order valence-electron chi connectivity index (χ2n) is 8.03. The van der Waals surface area contributed by atoms with Crippen LogP contribution in [0.25, 0.3) is 0 Å². The lowest BCUT2D eigenvalue weighted by molar-refractivity contribution is 0.234. The molecule has 4 nitrogen and oxygen atoms in total. The average molecular weight is 404 g/mol. The third-order valence-corrected chi connectivity index (χ3v) is 5.03. The predicted molar refractivity (Wildman–Crippen MR) is 127 cm³/mol. The number of aryl methyl sites for hydroxylation is 2. The number of nitrogens with one attached hydrogen (secondary N) is 1. The van der Waals surface area contributed by atoms with Gasteiger partial charge in [-0.1, -0.05) is 64.1 Å². The molecule has 0 saturated heterocycles. The molecule has 0 aromatic heterocycles. The number of rotatable bonds is 8. The summed E-state index contributed by atoms with van der Waals surface area (Å²) in [5.74, 6) is 1.11. The number of ether oxygens (including phenoxy) is 1. The van der Waals surface area contributed by atoms with Gasteiger partial charge in [0.15, 0.2) is 0 Å². The van der Waals surface area contributed by atoms with Crippen molar-refractivity contribution in [2.24, 2.45) is 4.99 Å². The first-order valence-corrected chi connectivity index (χ1v) is 10.6. The summed E-state index contributed by atoms with van der Waals surface area (Å²) in [5.41, 5.74) is 6.80. The Morgan fingerprint density at radius 2 is 1.57 bits per heavy atom. The summed E-state index contributed by atoms with van der Waals surface area (Å²) in [7, 11) is 0. The van der Waals surface area contributed by atoms with E-state index in [9.17, 15) is 5.26 Å². The van der Waals surface area contributed by atoms with Crippen molar-refractivity contribution >= 4 is 17.6 Å². The van der Waals surface area contributed by atoms with Crippen LogP contribution in [0.1, 0.15) is 68.7 Å². The van der Waals surface area contributed by atoms with Gasteiger partial charge < -0.3 is 10.1 Å². The van der Waals surface area contributed by atoms with Crippen LogP contribution in [0.4, 0.5) is 11.4 Å². The van der Waals surface area contributed by atoms with E-state index in [-0.39, 0.29) is 0 Å². The van der Waals surface area contributed by atoms with Crippen LogP contribution in [0, 0.1) is 25.2 Å². The molecule has 158 valence electrons. The zero-order valence-corrected chi connectivity index (χ0v) is 19.2. The minimum absolute atomic E-state index is 0.336. The van der Waals surface area contributed by atoms with E-state index in [1.165, 1.54) is 11.1 Å². The molecule has 0 aliphatic carbocycles. The molecule has 0 unspecified atom stereocenters. The van der Waals surface area contributed by atoms with E-state index in [1.807, 2.05) is 39.0 Å². The zero-order valence-electron chi connectivity index (χ0n) is 19.2. The van der Waals surface area contributed by atoms with Crippen molar-refractivity contribution in [2.45, 2.75) is 60.3 Å². The van der Waals surface area contributed by atoms with Crippen LogP contribution in [-0.4, -0.2) is 12.8 Å². The lowest BCUT2D eigenvalue weighted by Gasteiger charge is -2.22. The summed E-state index contributed by atoms with van der Waals surface area (Å²) in [6, 6.07) is 14.6. The normalized spacial score (nSPS) is 12.3. The maximum atomic E-state index is 9.86. The van der Waals surface area contributed by atoms with Gasteiger partial charge in [-0.05, 0) is 54.9 Å². The number of para-hydroxylation sites is 2. The van der Waals surface area contributed by atoms with Crippen LogP contribution in [0.3, 0.4) is 0 Å². The van der Waals surface area contributed by atoms with E-state index in [0.717, 1.165) is 22.5 Å². The molecule has 2 aromatic carbocycles. The molecule has 0 saturated carbocycles. The maximum Gasteiger partial charge on any atom is 0.211 e. The highest BCUT2D eigenvalue weighted by Crippen LogP contribution is 2.33. The molecule has 0 atom stereocenters. The lowest BCUT2D eigenvalue weighted by Crippen LogP contribution is -2.12. The van der Waals surface area contributed by atoms with Crippen LogP contribution in [-0.2, 0) is 4.74 Å². The number of anilines is 1. The third-order valence-electron chi connectivity index (χ3n) is 5.03. The predicted octanol–water partition coefficient (Wildman–Crippen LogP) is 7.14. The topological polar surface area (TPSA) is 57.4 Å². The van der Waals surface area contributed by atoms with E-state index in [4.69, 9.17) is 4.74 Å². The molecule has 0 amide bonds. The molecule has 0 aliphatic rings. The Morgan fingerprint density at radius 1 is 1.03 bits per heavy atom. The highest BCUT2D eigenvalue weighted by atomic mass is 16.5. The number of nitrogens with zero attached hydrogens (tertiary/aromatic N) is 2. The van der Waals surface area contributed by atoms with Gasteiger partial charge in [0.1, 0.15) is 11.6 Å². The van der Waals surface area contributed by atoms with Crippen LogP contribution in [0.5, 0.6) is 0 Å². The van der Waals surface area contributed by atoms with Crippen molar-refractivity contribution < 1.29 is 4.74 Å². The summed E-state index contributed by atoms with van der Waals surface area (Å²) < 4.78 is 5.87. The third kappa shape index (κ3) is 5.51. The molecule has 2 aromatic rings. The Kier molecular flexibility index (Phi) is 8.24. The number of hydrogen-bond acceptors (Lipinski definition) is 4. The number of aliphatic imine (C=N–C) groups is 1. The van der Waals surface area contributed by atoms with Crippen molar-refractivity contribution in [1.82, 2.24) is 0 Å². The molecule has 0 heterocycles. The highest BCUT2D eigenvalue weighted by Gasteiger charge is 2.17. The Hall–Kier alpha value is -3.06. The summed E-state index contributed by atoms with van der Waals surface area (Å²) in [6.45, 7) is 15.1. The monoisotopic (exact) mass is 403 g/mol. The molecule has 4 heteroatoms. The van der Waals surface area contributed by atoms with Crippen molar-refractivity contribution in [3.05, 3.63) is 70.1 Å². The van der Waals surface area contributed by atoms with Crippen LogP contribution in [0.15, 0.2) is 52.8 Å². The molecule has 1 N–H and O–H groups in total. The quantitative estimate of drug-likeness (QED) is 0.289. The Labute approximate surface area is 181 Å². The van der Waals surface area contributed by atoms with Gasteiger partial charge in [0.05, 0.1) is 18.5 Å². The molecule has 0 spiro atoms. The number of allylic oxidation sites excluding steroid dienone is 1. The zero-order chi connectivity index (χ0) is 22.3. The molecule has 0 fully saturated rings. The van der Waals surface area contributed by atoms with Crippen LogP contribution < -0.4 is 5.32 Å². The molecule has 0 radical (unpaired) electrons. The van der Waals surface area contributed by atoms with Gasteiger partial charge in [-0.3, -0.25) is 4.99 Å². The molecular weight excluding hydrogens is 370 g/mol. The van der Waals surface area contributed by atoms with Crippen molar-refractivity contribution in [2.75, 3.05) is 11.9 Å². The van der Waals surface area contributed by atoms with Gasteiger partial charge in [0, 0.05) is 5.69 Å². The van der Waals surface area contributed by atoms with Gasteiger partial charge in [0.2, 0.25) is 5.88 Å². The SMILES string of the molecule is CCO/C(Nc1c(C(C)C)cccc1C(C)C)=C(\C#N)C=Nc1c(C)cccc1C. The van der Waals surface area contributed by atoms with Gasteiger partial charge in [0.25, 0.3) is 0 Å². The second-order valence-corrected chi connectivity index (χ2v) is 8.03. The van der Waals surface area contributed by atoms with Crippen LogP contribution in [0.2, 0.25) is 0 Å². The minimum atomic E-state index is 0.336. The maximum absolute atomic E-state index is 9.86. The van der Waals surface area contributed by atoms with Gasteiger partial charge >= 0.3 is 0 Å². The smallest absolute Gasteiger partial charge is 0.211 e. The lowest BCUT2D eigenvalue weighted by atomic mass is 9.92. The van der Waals surface area contributed by atoms with Gasteiger partial charge in [-0.2, -0.15) is 5.26 Å². The minimum Gasteiger partial charge on any atom is -0.478 e. The Balaban J connectivity index is 2.56. The molecule has 30 heavy (non-hydrogen) atoms. The van der Waals surface area contributed by atoms with Gasteiger partial charge in [-0.15, -0.1) is 0 Å². The summed E-state index contributed by atoms with van der Waals surface area (Å²) in [5, 5.41) is 13.3. The molecule has 0 bridgehead atoms. The molecular formula is C26H33N3O. The van der Waals surface area contributed by atoms with Crippen molar-refractivity contribution in [3.8, 4) is 6.07 Å². The first kappa shape index (κ1) is 23.2. The largest absolute Gasteiger partial charge is 0.478 e. The van der Waals surface area contributed by atoms with E-state index in [2.05, 4.69) is 62.3 Å². The van der Waals surface area contributed by atoms with Gasteiger partial charge in [-0.25, -0.2) is 0 Å². The Morgan fingerprint density at radius 3 is 2.03 bits per heavy atom. The second kappa shape index (κ2) is 10.6.